The van der Waals surface area contributed by atoms with Crippen LogP contribution in [0.25, 0.3) is 21.2 Å². The lowest BCUT2D eigenvalue weighted by Gasteiger charge is -2.57. The van der Waals surface area contributed by atoms with Crippen molar-refractivity contribution in [1.82, 2.24) is 0 Å². The summed E-state index contributed by atoms with van der Waals surface area (Å²) >= 11 is 1.51. The first kappa shape index (κ1) is 18.4. The Morgan fingerprint density at radius 2 is 1.77 bits per heavy atom. The zero-order chi connectivity index (χ0) is 20.5. The van der Waals surface area contributed by atoms with Crippen LogP contribution in [0, 0.1) is 17.8 Å². The first-order valence-electron chi connectivity index (χ1n) is 11.0. The lowest BCUT2D eigenvalue weighted by molar-refractivity contribution is -0.00608. The van der Waals surface area contributed by atoms with Crippen LogP contribution in [0.4, 0.5) is 0 Å². The molecule has 1 aromatic heterocycles. The molecular formula is C26H26O3S. The van der Waals surface area contributed by atoms with E-state index in [0.717, 1.165) is 39.3 Å². The van der Waals surface area contributed by atoms with Gasteiger partial charge in [-0.2, -0.15) is 0 Å². The molecule has 0 atom stereocenters. The number of methoxy groups -OCH3 is 1. The van der Waals surface area contributed by atoms with Crippen molar-refractivity contribution in [3.05, 3.63) is 52.9 Å². The highest BCUT2D eigenvalue weighted by Gasteiger charge is 2.52. The number of thiophene rings is 1. The molecule has 154 valence electrons. The Labute approximate surface area is 180 Å². The molecule has 4 bridgehead atoms. The first-order valence-corrected chi connectivity index (χ1v) is 11.9. The fourth-order valence-electron chi connectivity index (χ4n) is 7.13. The van der Waals surface area contributed by atoms with Gasteiger partial charge < -0.3 is 9.84 Å². The Kier molecular flexibility index (Phi) is 4.05. The Bertz CT molecular complexity index is 1120. The molecule has 3 aromatic rings. The zero-order valence-electron chi connectivity index (χ0n) is 17.2. The van der Waals surface area contributed by atoms with Crippen molar-refractivity contribution in [2.75, 3.05) is 7.11 Å². The van der Waals surface area contributed by atoms with Gasteiger partial charge in [-0.1, -0.05) is 18.2 Å². The number of benzene rings is 2. The number of hydrogen-bond acceptors (Lipinski definition) is 3. The Hall–Kier alpha value is -2.33. The molecule has 3 nitrogen and oxygen atoms in total. The second-order valence-corrected chi connectivity index (χ2v) is 10.7. The van der Waals surface area contributed by atoms with Gasteiger partial charge in [-0.3, -0.25) is 0 Å². The number of hydrogen-bond donors (Lipinski definition) is 1. The Morgan fingerprint density at radius 3 is 2.37 bits per heavy atom. The van der Waals surface area contributed by atoms with Crippen LogP contribution in [0.15, 0.2) is 41.8 Å². The zero-order valence-corrected chi connectivity index (χ0v) is 18.0. The average molecular weight is 419 g/mol. The molecule has 0 amide bonds. The monoisotopic (exact) mass is 418 g/mol. The maximum Gasteiger partial charge on any atom is 0.336 e. The van der Waals surface area contributed by atoms with Gasteiger partial charge in [0.15, 0.2) is 0 Å². The lowest BCUT2D eigenvalue weighted by atomic mass is 9.48. The minimum Gasteiger partial charge on any atom is -0.496 e. The van der Waals surface area contributed by atoms with Gasteiger partial charge in [0.2, 0.25) is 0 Å². The van der Waals surface area contributed by atoms with Crippen LogP contribution in [-0.4, -0.2) is 18.2 Å². The summed E-state index contributed by atoms with van der Waals surface area (Å²) < 4.78 is 5.95. The molecule has 0 spiro atoms. The summed E-state index contributed by atoms with van der Waals surface area (Å²) in [7, 11) is 1.80. The average Bonchev–Trinajstić information content (AvgIpc) is 3.22. The summed E-state index contributed by atoms with van der Waals surface area (Å²) in [5, 5.41) is 13.5. The van der Waals surface area contributed by atoms with Crippen LogP contribution < -0.4 is 4.74 Å². The van der Waals surface area contributed by atoms with Crippen molar-refractivity contribution in [1.29, 1.82) is 0 Å². The van der Waals surface area contributed by atoms with Crippen LogP contribution >= 0.6 is 11.3 Å². The highest BCUT2D eigenvalue weighted by atomic mass is 32.1. The summed E-state index contributed by atoms with van der Waals surface area (Å²) in [6.07, 6.45) is 8.16. The van der Waals surface area contributed by atoms with E-state index in [1.165, 1.54) is 60.8 Å². The van der Waals surface area contributed by atoms with E-state index in [1.807, 2.05) is 0 Å². The molecule has 4 aliphatic rings. The SMILES string of the molecule is COc1cc2cccc(-c3cc(C(=O)O)cs3)c2cc1C12CC3CC(CC(C3)C1)C2. The van der Waals surface area contributed by atoms with Gasteiger partial charge in [0.25, 0.3) is 0 Å². The van der Waals surface area contributed by atoms with Crippen molar-refractivity contribution >= 4 is 28.1 Å². The van der Waals surface area contributed by atoms with Crippen molar-refractivity contribution < 1.29 is 14.6 Å². The van der Waals surface area contributed by atoms with E-state index in [9.17, 15) is 9.90 Å². The highest BCUT2D eigenvalue weighted by molar-refractivity contribution is 7.14. The predicted molar refractivity (Wildman–Crippen MR) is 121 cm³/mol. The number of carbonyl (C=O) groups is 1. The van der Waals surface area contributed by atoms with E-state index >= 15 is 0 Å². The van der Waals surface area contributed by atoms with Gasteiger partial charge in [-0.15, -0.1) is 11.3 Å². The third-order valence-electron chi connectivity index (χ3n) is 7.92. The molecule has 1 heterocycles. The second kappa shape index (κ2) is 6.58. The normalized spacial score (nSPS) is 29.4. The fourth-order valence-corrected chi connectivity index (χ4v) is 8.06. The third kappa shape index (κ3) is 2.73. The number of ether oxygens (including phenoxy) is 1. The number of fused-ring (bicyclic) bond motifs is 1. The molecule has 7 rings (SSSR count). The summed E-state index contributed by atoms with van der Waals surface area (Å²) in [4.78, 5) is 12.4. The van der Waals surface area contributed by atoms with E-state index in [2.05, 4.69) is 30.3 Å². The van der Waals surface area contributed by atoms with Crippen LogP contribution in [0.3, 0.4) is 0 Å². The van der Waals surface area contributed by atoms with Crippen LogP contribution in [0.1, 0.15) is 54.4 Å². The van der Waals surface area contributed by atoms with Gasteiger partial charge in [-0.05, 0) is 96.2 Å². The largest absolute Gasteiger partial charge is 0.496 e. The summed E-state index contributed by atoms with van der Waals surface area (Å²) in [6.45, 7) is 0. The predicted octanol–water partition coefficient (Wildman–Crippen LogP) is 6.74. The van der Waals surface area contributed by atoms with Gasteiger partial charge in [0.05, 0.1) is 12.7 Å². The maximum atomic E-state index is 11.4. The molecule has 0 unspecified atom stereocenters. The summed E-state index contributed by atoms with van der Waals surface area (Å²) in [6, 6.07) is 12.7. The molecule has 0 aliphatic heterocycles. The molecule has 4 heteroatoms. The van der Waals surface area contributed by atoms with Crippen LogP contribution in [0.2, 0.25) is 0 Å². The minimum atomic E-state index is -0.867. The van der Waals surface area contributed by atoms with E-state index in [1.54, 1.807) is 18.6 Å². The number of aromatic carboxylic acids is 1. The van der Waals surface area contributed by atoms with Crippen LogP contribution in [-0.2, 0) is 5.41 Å². The number of carboxylic acids is 1. The second-order valence-electron chi connectivity index (χ2n) is 9.78. The molecule has 0 saturated heterocycles. The summed E-state index contributed by atoms with van der Waals surface area (Å²) in [5.74, 6) is 2.79. The molecule has 4 aliphatic carbocycles. The standard InChI is InChI=1S/C26H26O3S/c1-29-23-8-18-3-2-4-20(24-9-19(14-30-24)25(27)28)21(18)10-22(23)26-11-15-5-16(12-26)7-17(6-15)13-26/h2-4,8-10,14-17H,5-7,11-13H2,1H3,(H,27,28). The topological polar surface area (TPSA) is 46.5 Å². The third-order valence-corrected chi connectivity index (χ3v) is 8.89. The number of carboxylic acid groups (broad SMARTS) is 1. The van der Waals surface area contributed by atoms with Crippen molar-refractivity contribution in [3.8, 4) is 16.2 Å². The molecule has 0 radical (unpaired) electrons. The number of rotatable bonds is 4. The highest BCUT2D eigenvalue weighted by Crippen LogP contribution is 2.62. The van der Waals surface area contributed by atoms with E-state index in [0.29, 0.717) is 5.56 Å². The van der Waals surface area contributed by atoms with E-state index in [-0.39, 0.29) is 5.41 Å². The van der Waals surface area contributed by atoms with Gasteiger partial charge >= 0.3 is 5.97 Å². The van der Waals surface area contributed by atoms with Crippen molar-refractivity contribution in [2.24, 2.45) is 17.8 Å². The molecule has 30 heavy (non-hydrogen) atoms. The maximum absolute atomic E-state index is 11.4. The Balaban J connectivity index is 1.53. The molecule has 2 aromatic carbocycles. The minimum absolute atomic E-state index is 0.253. The van der Waals surface area contributed by atoms with Crippen molar-refractivity contribution in [3.63, 3.8) is 0 Å². The van der Waals surface area contributed by atoms with Crippen molar-refractivity contribution in [2.45, 2.75) is 43.9 Å². The Morgan fingerprint density at radius 1 is 1.07 bits per heavy atom. The van der Waals surface area contributed by atoms with Gasteiger partial charge in [0.1, 0.15) is 5.75 Å². The lowest BCUT2D eigenvalue weighted by Crippen LogP contribution is -2.48. The van der Waals surface area contributed by atoms with Crippen LogP contribution in [0.5, 0.6) is 5.75 Å². The molecule has 1 N–H and O–H groups in total. The molecule has 4 fully saturated rings. The first-order chi connectivity index (χ1) is 14.5. The fraction of sp³-hybridized carbons (Fsp3) is 0.423. The molecular weight excluding hydrogens is 392 g/mol. The summed E-state index contributed by atoms with van der Waals surface area (Å²) in [5.41, 5.74) is 3.13. The molecule has 4 saturated carbocycles. The van der Waals surface area contributed by atoms with E-state index < -0.39 is 5.97 Å². The van der Waals surface area contributed by atoms with E-state index in [4.69, 9.17) is 4.74 Å². The smallest absolute Gasteiger partial charge is 0.336 e. The quantitative estimate of drug-likeness (QED) is 0.510. The van der Waals surface area contributed by atoms with Gasteiger partial charge in [-0.25, -0.2) is 4.79 Å². The van der Waals surface area contributed by atoms with Gasteiger partial charge in [0, 0.05) is 15.8 Å².